The van der Waals surface area contributed by atoms with Gasteiger partial charge in [-0.2, -0.15) is 4.37 Å². The monoisotopic (exact) mass is 577 g/mol. The van der Waals surface area contributed by atoms with Crippen LogP contribution >= 0.6 is 46.7 Å². The summed E-state index contributed by atoms with van der Waals surface area (Å²) < 4.78 is 5.51. The first-order chi connectivity index (χ1) is 18.0. The number of likely N-dealkylation sites (tertiary alicyclic amines) is 2. The number of amides is 2. The summed E-state index contributed by atoms with van der Waals surface area (Å²) in [6, 6.07) is 7.96. The van der Waals surface area contributed by atoms with E-state index in [2.05, 4.69) is 21.4 Å². The van der Waals surface area contributed by atoms with Gasteiger partial charge in [0.1, 0.15) is 5.03 Å². The van der Waals surface area contributed by atoms with E-state index in [0.29, 0.717) is 17.7 Å². The van der Waals surface area contributed by atoms with Gasteiger partial charge in [0.15, 0.2) is 0 Å². The largest absolute Gasteiger partial charge is 0.342 e. The van der Waals surface area contributed by atoms with E-state index >= 15 is 0 Å². The molecule has 1 aromatic carbocycles. The fraction of sp³-hybridized carbons (Fsp3) is 0.607. The fourth-order valence-electron chi connectivity index (χ4n) is 6.70. The van der Waals surface area contributed by atoms with Crippen LogP contribution in [0.2, 0.25) is 5.02 Å². The molecule has 5 rings (SSSR count). The van der Waals surface area contributed by atoms with Gasteiger partial charge in [-0.3, -0.25) is 9.59 Å². The molecule has 0 N–H and O–H groups in total. The standard InChI is InChI=1S/C28H36ClN3O2S3/c1-35-24-23(26(36-2)37-30-24)25(33)31-15-9-19(10-16-31)20-11-17-32(18-12-20)27(34)28(13-3-4-14-28)21-5-7-22(29)8-6-21/h5-8,19-20H,3-4,9-18H2,1-2H3. The Labute approximate surface area is 238 Å². The normalized spacial score (nSPS) is 20.9. The second kappa shape index (κ2) is 11.9. The number of aromatic nitrogens is 1. The van der Waals surface area contributed by atoms with Crippen molar-refractivity contribution in [1.29, 1.82) is 0 Å². The number of thioether (sulfide) groups is 2. The zero-order valence-corrected chi connectivity index (χ0v) is 24.9. The van der Waals surface area contributed by atoms with Crippen molar-refractivity contribution in [3.63, 3.8) is 0 Å². The smallest absolute Gasteiger partial charge is 0.258 e. The molecule has 37 heavy (non-hydrogen) atoms. The molecule has 200 valence electrons. The molecule has 0 bridgehead atoms. The van der Waals surface area contributed by atoms with Gasteiger partial charge >= 0.3 is 0 Å². The van der Waals surface area contributed by atoms with Crippen molar-refractivity contribution in [3.05, 3.63) is 40.4 Å². The molecule has 1 aliphatic carbocycles. The lowest BCUT2D eigenvalue weighted by molar-refractivity contribution is -0.139. The highest BCUT2D eigenvalue weighted by Crippen LogP contribution is 2.44. The van der Waals surface area contributed by atoms with Crippen molar-refractivity contribution in [3.8, 4) is 0 Å². The molecule has 5 nitrogen and oxygen atoms in total. The van der Waals surface area contributed by atoms with Crippen LogP contribution in [0, 0.1) is 11.8 Å². The lowest BCUT2D eigenvalue weighted by Crippen LogP contribution is -2.49. The Morgan fingerprint density at radius 2 is 1.49 bits per heavy atom. The van der Waals surface area contributed by atoms with Crippen molar-refractivity contribution in [2.75, 3.05) is 38.7 Å². The van der Waals surface area contributed by atoms with Gasteiger partial charge in [0.25, 0.3) is 5.91 Å². The molecule has 3 fully saturated rings. The maximum atomic E-state index is 13.9. The Balaban J connectivity index is 1.17. The van der Waals surface area contributed by atoms with E-state index in [-0.39, 0.29) is 11.3 Å². The molecule has 0 unspecified atom stereocenters. The van der Waals surface area contributed by atoms with Crippen LogP contribution in [0.25, 0.3) is 0 Å². The number of benzene rings is 1. The van der Waals surface area contributed by atoms with Crippen LogP contribution < -0.4 is 0 Å². The van der Waals surface area contributed by atoms with Crippen LogP contribution in [-0.2, 0) is 10.2 Å². The molecule has 1 aromatic heterocycles. The maximum absolute atomic E-state index is 13.9. The molecule has 0 atom stereocenters. The van der Waals surface area contributed by atoms with Crippen LogP contribution in [0.3, 0.4) is 0 Å². The molecule has 2 amide bonds. The Kier molecular flexibility index (Phi) is 8.79. The van der Waals surface area contributed by atoms with Crippen molar-refractivity contribution in [2.24, 2.45) is 11.8 Å². The number of carbonyl (C=O) groups is 2. The first-order valence-electron chi connectivity index (χ1n) is 13.4. The molecule has 0 radical (unpaired) electrons. The van der Waals surface area contributed by atoms with Crippen molar-refractivity contribution < 1.29 is 9.59 Å². The average Bonchev–Trinajstić information content (AvgIpc) is 3.61. The van der Waals surface area contributed by atoms with E-state index in [1.807, 2.05) is 29.5 Å². The Hall–Kier alpha value is -1.22. The quantitative estimate of drug-likeness (QED) is 0.352. The maximum Gasteiger partial charge on any atom is 0.258 e. The van der Waals surface area contributed by atoms with E-state index in [0.717, 1.165) is 103 Å². The minimum Gasteiger partial charge on any atom is -0.342 e. The Morgan fingerprint density at radius 3 is 2.03 bits per heavy atom. The fourth-order valence-corrected chi connectivity index (χ4v) is 9.09. The highest BCUT2D eigenvalue weighted by atomic mass is 35.5. The second-order valence-electron chi connectivity index (χ2n) is 10.6. The van der Waals surface area contributed by atoms with E-state index < -0.39 is 0 Å². The zero-order chi connectivity index (χ0) is 26.0. The zero-order valence-electron chi connectivity index (χ0n) is 21.7. The van der Waals surface area contributed by atoms with Gasteiger partial charge < -0.3 is 9.80 Å². The van der Waals surface area contributed by atoms with Crippen LogP contribution in [0.4, 0.5) is 0 Å². The third-order valence-corrected chi connectivity index (χ3v) is 11.8. The van der Waals surface area contributed by atoms with Crippen molar-refractivity contribution in [1.82, 2.24) is 14.2 Å². The second-order valence-corrected chi connectivity index (χ2v) is 13.7. The minimum atomic E-state index is -0.370. The third kappa shape index (κ3) is 5.45. The van der Waals surface area contributed by atoms with Gasteiger partial charge in [0, 0.05) is 31.2 Å². The number of hydrogen-bond acceptors (Lipinski definition) is 6. The first-order valence-corrected chi connectivity index (χ1v) is 17.0. The van der Waals surface area contributed by atoms with E-state index in [1.54, 1.807) is 23.5 Å². The number of rotatable bonds is 6. The Morgan fingerprint density at radius 1 is 0.919 bits per heavy atom. The summed E-state index contributed by atoms with van der Waals surface area (Å²) in [7, 11) is 0. The average molecular weight is 578 g/mol. The SMILES string of the molecule is CSc1nsc(SC)c1C(=O)N1CCC(C2CCN(C(=O)C3(c4ccc(Cl)cc4)CCCC3)CC2)CC1. The summed E-state index contributed by atoms with van der Waals surface area (Å²) in [5.41, 5.74) is 1.57. The predicted octanol–water partition coefficient (Wildman–Crippen LogP) is 6.84. The van der Waals surface area contributed by atoms with Crippen molar-refractivity contribution >= 4 is 58.5 Å². The predicted molar refractivity (Wildman–Crippen MR) is 155 cm³/mol. The van der Waals surface area contributed by atoms with Crippen molar-refractivity contribution in [2.45, 2.75) is 66.0 Å². The summed E-state index contributed by atoms with van der Waals surface area (Å²) >= 11 is 10.7. The van der Waals surface area contributed by atoms with E-state index in [4.69, 9.17) is 11.6 Å². The van der Waals surface area contributed by atoms with E-state index in [1.165, 1.54) is 11.5 Å². The summed E-state index contributed by atoms with van der Waals surface area (Å²) in [6.45, 7) is 3.35. The molecular formula is C28H36ClN3O2S3. The van der Waals surface area contributed by atoms with Gasteiger partial charge in [0.2, 0.25) is 5.91 Å². The molecule has 1 saturated carbocycles. The van der Waals surface area contributed by atoms with Gasteiger partial charge in [-0.25, -0.2) is 0 Å². The molecule has 3 heterocycles. The van der Waals surface area contributed by atoms with Crippen LogP contribution in [0.1, 0.15) is 67.3 Å². The Bertz CT molecular complexity index is 1080. The van der Waals surface area contributed by atoms with Crippen LogP contribution in [0.5, 0.6) is 0 Å². The summed E-state index contributed by atoms with van der Waals surface area (Å²) in [5.74, 6) is 1.75. The number of nitrogens with zero attached hydrogens (tertiary/aromatic N) is 3. The van der Waals surface area contributed by atoms with Gasteiger partial charge in [-0.05, 0) is 92.1 Å². The number of hydrogen-bond donors (Lipinski definition) is 0. The number of carbonyl (C=O) groups excluding carboxylic acids is 2. The highest BCUT2D eigenvalue weighted by Gasteiger charge is 2.46. The summed E-state index contributed by atoms with van der Waals surface area (Å²) in [6.07, 6.45) is 12.4. The third-order valence-electron chi connectivity index (χ3n) is 8.81. The van der Waals surface area contributed by atoms with Gasteiger partial charge in [-0.15, -0.1) is 23.5 Å². The van der Waals surface area contributed by atoms with Gasteiger partial charge in [0.05, 0.1) is 15.2 Å². The summed E-state index contributed by atoms with van der Waals surface area (Å²) in [5, 5.41) is 1.58. The lowest BCUT2D eigenvalue weighted by Gasteiger charge is -2.42. The summed E-state index contributed by atoms with van der Waals surface area (Å²) in [4.78, 5) is 31.4. The van der Waals surface area contributed by atoms with Gasteiger partial charge in [-0.1, -0.05) is 36.6 Å². The molecule has 3 aliphatic rings. The molecule has 9 heteroatoms. The highest BCUT2D eigenvalue weighted by molar-refractivity contribution is 8.01. The molecule has 2 aromatic rings. The topological polar surface area (TPSA) is 53.5 Å². The number of piperidine rings is 2. The molecule has 0 spiro atoms. The minimum absolute atomic E-state index is 0.144. The van der Waals surface area contributed by atoms with Crippen LogP contribution in [0.15, 0.2) is 33.5 Å². The number of halogens is 1. The van der Waals surface area contributed by atoms with E-state index in [9.17, 15) is 9.59 Å². The lowest BCUT2D eigenvalue weighted by atomic mass is 9.75. The first kappa shape index (κ1) is 27.4. The van der Waals surface area contributed by atoms with Crippen LogP contribution in [-0.4, -0.2) is 64.7 Å². The molecule has 2 aliphatic heterocycles. The molecular weight excluding hydrogens is 542 g/mol. The molecule has 2 saturated heterocycles.